The predicted molar refractivity (Wildman–Crippen MR) is 265 cm³/mol. The maximum Gasteiger partial charge on any atom is 0.475 e. The Morgan fingerprint density at radius 1 is 0.689 bits per heavy atom. The first-order valence-electron chi connectivity index (χ1n) is 23.8. The molecule has 1 aliphatic heterocycles. The summed E-state index contributed by atoms with van der Waals surface area (Å²) in [6.07, 6.45) is -8.52. The monoisotopic (exact) mass is 1040 g/mol. The number of hydrogen-bond acceptors (Lipinski definition) is 8. The molecule has 2 aromatic heterocycles. The van der Waals surface area contributed by atoms with E-state index in [0.717, 1.165) is 38.6 Å². The first-order chi connectivity index (χ1) is 35.3. The average molecular weight is 1040 g/mol. The van der Waals surface area contributed by atoms with Crippen LogP contribution >= 0.6 is 7.82 Å². The largest absolute Gasteiger partial charge is 0.475 e. The number of benzene rings is 6. The molecule has 0 saturated heterocycles. The Hall–Kier alpha value is -6.88. The molecule has 6 aromatic carbocycles. The highest BCUT2D eigenvalue weighted by molar-refractivity contribution is 7.48. The fourth-order valence-corrected chi connectivity index (χ4v) is 10.5. The molecule has 384 valence electrons. The molecule has 3 heterocycles. The lowest BCUT2D eigenvalue weighted by Crippen LogP contribution is -2.36. The number of rotatable bonds is 16. The number of nitrogens with zero attached hydrogens (tertiary/aromatic N) is 4. The molecule has 0 amide bonds. The van der Waals surface area contributed by atoms with E-state index in [1.165, 1.54) is 18.3 Å². The molecule has 0 atom stereocenters. The van der Waals surface area contributed by atoms with Crippen LogP contribution in [0.2, 0.25) is 0 Å². The van der Waals surface area contributed by atoms with Crippen LogP contribution in [0.1, 0.15) is 83.5 Å². The minimum atomic E-state index is -5.08. The van der Waals surface area contributed by atoms with E-state index in [1.54, 1.807) is 78.0 Å². The molecule has 0 radical (unpaired) electrons. The number of phosphoric acid groups is 1. The molecule has 0 bridgehead atoms. The molecule has 10 nitrogen and oxygen atoms in total. The van der Waals surface area contributed by atoms with Gasteiger partial charge in [0.05, 0.1) is 59.1 Å². The standard InChI is InChI=1S/C56H50F7N4O6P/c1-5-38-21-15-22-39(6-2)49(38)67-50(45-32-65(54(3,4)52(45)64-67)31-40-24-25-42(55(58,59)60)30-46(40)56(61,62)63)43-26-27-47(57)51-44(43)28-29-66(51)53(68)73-48-23-14-13-20-41(48)35-72-74(69,70-33-36-16-9-7-10-17-36)71-34-37-18-11-8-12-19-37/h7-30H,5-6,31-35H2,1-4H3. The highest BCUT2D eigenvalue weighted by Crippen LogP contribution is 2.52. The minimum absolute atomic E-state index is 0.00767. The summed E-state index contributed by atoms with van der Waals surface area (Å²) in [4.78, 5) is 16.0. The fourth-order valence-electron chi connectivity index (χ4n) is 9.33. The topological polar surface area (TPSA) is 97.0 Å². The molecule has 0 aliphatic carbocycles. The van der Waals surface area contributed by atoms with Crippen molar-refractivity contribution in [1.29, 1.82) is 0 Å². The predicted octanol–water partition coefficient (Wildman–Crippen LogP) is 15.2. The summed E-state index contributed by atoms with van der Waals surface area (Å²) in [6.45, 7) is 6.62. The van der Waals surface area contributed by atoms with E-state index < -0.39 is 48.8 Å². The smallest absolute Gasteiger partial charge is 0.409 e. The van der Waals surface area contributed by atoms with Crippen LogP contribution in [0.3, 0.4) is 0 Å². The number of carbonyl (C=O) groups excluding carboxylic acids is 1. The Balaban J connectivity index is 1.06. The van der Waals surface area contributed by atoms with Crippen molar-refractivity contribution in [2.45, 2.75) is 91.3 Å². The van der Waals surface area contributed by atoms with Gasteiger partial charge in [0, 0.05) is 41.4 Å². The summed E-state index contributed by atoms with van der Waals surface area (Å²) < 4.78 is 141. The molecule has 74 heavy (non-hydrogen) atoms. The van der Waals surface area contributed by atoms with Gasteiger partial charge in [-0.2, -0.15) is 31.4 Å². The van der Waals surface area contributed by atoms with Crippen molar-refractivity contribution in [1.82, 2.24) is 19.2 Å². The summed E-state index contributed by atoms with van der Waals surface area (Å²) in [6, 6.07) is 36.3. The molecule has 18 heteroatoms. The van der Waals surface area contributed by atoms with Gasteiger partial charge in [0.1, 0.15) is 11.6 Å². The van der Waals surface area contributed by atoms with E-state index in [-0.39, 0.29) is 66.8 Å². The van der Waals surface area contributed by atoms with Crippen LogP contribution in [0.15, 0.2) is 146 Å². The van der Waals surface area contributed by atoms with Gasteiger partial charge in [0.2, 0.25) is 0 Å². The van der Waals surface area contributed by atoms with Crippen LogP contribution in [0.4, 0.5) is 35.5 Å². The van der Waals surface area contributed by atoms with Gasteiger partial charge in [-0.1, -0.05) is 117 Å². The Morgan fingerprint density at radius 3 is 1.89 bits per heavy atom. The second-order valence-corrected chi connectivity index (χ2v) is 19.9. The summed E-state index contributed by atoms with van der Waals surface area (Å²) in [5.74, 6) is -0.763. The zero-order valence-electron chi connectivity index (χ0n) is 40.6. The van der Waals surface area contributed by atoms with Crippen molar-refractivity contribution >= 4 is 24.8 Å². The molecular weight excluding hydrogens is 989 g/mol. The highest BCUT2D eigenvalue weighted by atomic mass is 31.2. The zero-order chi connectivity index (χ0) is 52.6. The SMILES string of the molecule is CCc1cccc(CC)c1-n1nc2c(c1-c1ccc(F)c3c1ccn3C(=O)Oc1ccccc1COP(=O)(OCc1ccccc1)OCc1ccccc1)CN(Cc1ccc(C(F)(F)F)cc1C(F)(F)F)C2(C)C. The van der Waals surface area contributed by atoms with Gasteiger partial charge >= 0.3 is 26.3 Å². The van der Waals surface area contributed by atoms with Gasteiger partial charge in [0.25, 0.3) is 0 Å². The van der Waals surface area contributed by atoms with Crippen molar-refractivity contribution in [2.75, 3.05) is 0 Å². The zero-order valence-corrected chi connectivity index (χ0v) is 41.5. The van der Waals surface area contributed by atoms with Gasteiger partial charge < -0.3 is 4.74 Å². The molecule has 0 saturated carbocycles. The number of aromatic nitrogens is 3. The third kappa shape index (κ3) is 10.6. The molecule has 0 N–H and O–H groups in total. The quantitative estimate of drug-likeness (QED) is 0.0697. The van der Waals surface area contributed by atoms with Crippen molar-refractivity contribution < 1.29 is 58.4 Å². The van der Waals surface area contributed by atoms with Crippen LogP contribution in [0, 0.1) is 5.82 Å². The maximum atomic E-state index is 16.4. The van der Waals surface area contributed by atoms with Gasteiger partial charge in [-0.05, 0) is 90.9 Å². The Labute approximate surface area is 422 Å². The lowest BCUT2D eigenvalue weighted by molar-refractivity contribution is -0.143. The van der Waals surface area contributed by atoms with Gasteiger partial charge in [-0.3, -0.25) is 18.5 Å². The van der Waals surface area contributed by atoms with E-state index >= 15 is 4.39 Å². The molecule has 0 spiro atoms. The lowest BCUT2D eigenvalue weighted by atomic mass is 9.96. The van der Waals surface area contributed by atoms with Crippen LogP contribution in [-0.4, -0.2) is 25.3 Å². The van der Waals surface area contributed by atoms with E-state index in [9.17, 15) is 35.7 Å². The van der Waals surface area contributed by atoms with Crippen molar-refractivity contribution in [2.24, 2.45) is 0 Å². The van der Waals surface area contributed by atoms with Gasteiger partial charge in [0.15, 0.2) is 0 Å². The van der Waals surface area contributed by atoms with Crippen LogP contribution in [0.25, 0.3) is 27.8 Å². The second-order valence-electron chi connectivity index (χ2n) is 18.3. The molecule has 8 aromatic rings. The average Bonchev–Trinajstić information content (AvgIpc) is 4.07. The summed E-state index contributed by atoms with van der Waals surface area (Å²) in [5.41, 5.74) is 2.00. The summed E-state index contributed by atoms with van der Waals surface area (Å²) in [5, 5.41) is 5.48. The normalized spacial score (nSPS) is 13.9. The van der Waals surface area contributed by atoms with E-state index in [4.69, 9.17) is 23.4 Å². The number of hydrogen-bond donors (Lipinski definition) is 0. The molecule has 0 unspecified atom stereocenters. The van der Waals surface area contributed by atoms with Crippen LogP contribution in [0.5, 0.6) is 5.75 Å². The van der Waals surface area contributed by atoms with Crippen LogP contribution < -0.4 is 4.74 Å². The Morgan fingerprint density at radius 2 is 1.28 bits per heavy atom. The first kappa shape index (κ1) is 52.0. The summed E-state index contributed by atoms with van der Waals surface area (Å²) in [7, 11) is -4.26. The summed E-state index contributed by atoms with van der Waals surface area (Å²) >= 11 is 0. The van der Waals surface area contributed by atoms with E-state index in [0.29, 0.717) is 41.4 Å². The Kier molecular flexibility index (Phi) is 14.6. The third-order valence-corrected chi connectivity index (χ3v) is 14.6. The second kappa shape index (κ2) is 20.8. The number of ether oxygens (including phenoxy) is 1. The number of halogens is 7. The van der Waals surface area contributed by atoms with Gasteiger partial charge in [-0.25, -0.2) is 23.0 Å². The number of para-hydroxylation sites is 2. The molecule has 9 rings (SSSR count). The van der Waals surface area contributed by atoms with Crippen molar-refractivity contribution in [3.05, 3.63) is 207 Å². The minimum Gasteiger partial charge on any atom is -0.409 e. The van der Waals surface area contributed by atoms with Crippen LogP contribution in [-0.2, 0) is 81.8 Å². The van der Waals surface area contributed by atoms with Crippen molar-refractivity contribution in [3.8, 4) is 22.7 Å². The fraction of sp³-hybridized carbons (Fsp3) is 0.250. The van der Waals surface area contributed by atoms with Gasteiger partial charge in [-0.15, -0.1) is 0 Å². The number of carbonyl (C=O) groups is 1. The number of alkyl halides is 6. The molecule has 0 fully saturated rings. The number of phosphoric ester groups is 1. The maximum absolute atomic E-state index is 16.4. The van der Waals surface area contributed by atoms with Crippen molar-refractivity contribution in [3.63, 3.8) is 0 Å². The highest BCUT2D eigenvalue weighted by Gasteiger charge is 2.45. The number of fused-ring (bicyclic) bond motifs is 2. The Bertz CT molecular complexity index is 3320. The van der Waals surface area contributed by atoms with E-state index in [1.807, 2.05) is 68.4 Å². The lowest BCUT2D eigenvalue weighted by Gasteiger charge is -2.33. The first-order valence-corrected chi connectivity index (χ1v) is 25.2. The molecular formula is C56H50F7N4O6P. The third-order valence-electron chi connectivity index (χ3n) is 13.2. The molecule has 1 aliphatic rings. The van der Waals surface area contributed by atoms with E-state index in [2.05, 4.69) is 0 Å². The number of aryl methyl sites for hydroxylation is 2.